The van der Waals surface area contributed by atoms with Crippen molar-refractivity contribution in [1.29, 1.82) is 0 Å². The van der Waals surface area contributed by atoms with E-state index in [9.17, 15) is 9.59 Å². The highest BCUT2D eigenvalue weighted by molar-refractivity contribution is 7.12. The fraction of sp³-hybridized carbons (Fsp3) is 0.100. The van der Waals surface area contributed by atoms with E-state index in [2.05, 4.69) is 10.6 Å². The van der Waals surface area contributed by atoms with E-state index >= 15 is 0 Å². The van der Waals surface area contributed by atoms with Crippen molar-refractivity contribution >= 4 is 34.5 Å². The summed E-state index contributed by atoms with van der Waals surface area (Å²) in [5, 5.41) is 7.47. The molecule has 7 heteroatoms. The van der Waals surface area contributed by atoms with Gasteiger partial charge in [-0.1, -0.05) is 6.07 Å². The number of anilines is 2. The summed E-state index contributed by atoms with van der Waals surface area (Å²) in [4.78, 5) is 25.2. The second kappa shape index (κ2) is 8.37. The van der Waals surface area contributed by atoms with Gasteiger partial charge in [0.25, 0.3) is 11.8 Å². The van der Waals surface area contributed by atoms with Crippen molar-refractivity contribution in [1.82, 2.24) is 0 Å². The van der Waals surface area contributed by atoms with Crippen LogP contribution in [0.15, 0.2) is 60.0 Å². The topological polar surface area (TPSA) is 76.7 Å². The Balaban J connectivity index is 1.67. The van der Waals surface area contributed by atoms with E-state index in [-0.39, 0.29) is 11.8 Å². The molecule has 0 bridgehead atoms. The molecule has 0 radical (unpaired) electrons. The van der Waals surface area contributed by atoms with Crippen molar-refractivity contribution in [3.05, 3.63) is 70.4 Å². The molecule has 0 spiro atoms. The van der Waals surface area contributed by atoms with E-state index in [0.29, 0.717) is 33.3 Å². The molecule has 2 N–H and O–H groups in total. The van der Waals surface area contributed by atoms with E-state index < -0.39 is 0 Å². The van der Waals surface area contributed by atoms with Gasteiger partial charge in [0.15, 0.2) is 0 Å². The van der Waals surface area contributed by atoms with Crippen LogP contribution in [-0.4, -0.2) is 26.0 Å². The molecule has 0 saturated carbocycles. The van der Waals surface area contributed by atoms with Gasteiger partial charge in [-0.05, 0) is 47.8 Å². The van der Waals surface area contributed by atoms with Crippen molar-refractivity contribution in [2.24, 2.45) is 0 Å². The van der Waals surface area contributed by atoms with Crippen LogP contribution in [0.1, 0.15) is 20.0 Å². The quantitative estimate of drug-likeness (QED) is 0.667. The van der Waals surface area contributed by atoms with Crippen molar-refractivity contribution in [3.63, 3.8) is 0 Å². The lowest BCUT2D eigenvalue weighted by Crippen LogP contribution is -2.13. The fourth-order valence-corrected chi connectivity index (χ4v) is 3.00. The van der Waals surface area contributed by atoms with Crippen LogP contribution in [0, 0.1) is 0 Å². The second-order valence-electron chi connectivity index (χ2n) is 5.56. The summed E-state index contributed by atoms with van der Waals surface area (Å²) in [7, 11) is 3.05. The van der Waals surface area contributed by atoms with Crippen LogP contribution < -0.4 is 20.1 Å². The van der Waals surface area contributed by atoms with Crippen LogP contribution in [0.3, 0.4) is 0 Å². The molecule has 138 valence electrons. The normalized spacial score (nSPS) is 10.1. The van der Waals surface area contributed by atoms with Gasteiger partial charge in [-0.2, -0.15) is 0 Å². The number of rotatable bonds is 6. The Morgan fingerprint density at radius 3 is 1.85 bits per heavy atom. The Hall–Kier alpha value is -3.32. The summed E-state index contributed by atoms with van der Waals surface area (Å²) in [5.41, 5.74) is 1.67. The second-order valence-corrected chi connectivity index (χ2v) is 6.51. The Morgan fingerprint density at radius 1 is 0.815 bits per heavy atom. The zero-order valence-electron chi connectivity index (χ0n) is 14.8. The van der Waals surface area contributed by atoms with Gasteiger partial charge in [-0.25, -0.2) is 0 Å². The van der Waals surface area contributed by atoms with Gasteiger partial charge < -0.3 is 20.1 Å². The maximum atomic E-state index is 12.5. The molecular formula is C20H18N2O4S. The maximum Gasteiger partial charge on any atom is 0.265 e. The van der Waals surface area contributed by atoms with E-state index in [1.165, 1.54) is 25.6 Å². The van der Waals surface area contributed by atoms with Crippen molar-refractivity contribution in [2.45, 2.75) is 0 Å². The average molecular weight is 382 g/mol. The summed E-state index contributed by atoms with van der Waals surface area (Å²) in [6.45, 7) is 0. The number of benzene rings is 2. The predicted molar refractivity (Wildman–Crippen MR) is 106 cm³/mol. The van der Waals surface area contributed by atoms with E-state index in [0.717, 1.165) is 0 Å². The summed E-state index contributed by atoms with van der Waals surface area (Å²) >= 11 is 1.38. The van der Waals surface area contributed by atoms with Crippen molar-refractivity contribution < 1.29 is 19.1 Å². The first kappa shape index (κ1) is 18.5. The van der Waals surface area contributed by atoms with Crippen molar-refractivity contribution in [3.8, 4) is 11.5 Å². The number of hydrogen-bond acceptors (Lipinski definition) is 5. The molecule has 0 unspecified atom stereocenters. The Kier molecular flexibility index (Phi) is 5.73. The lowest BCUT2D eigenvalue weighted by molar-refractivity contribution is 0.101. The molecular weight excluding hydrogens is 364 g/mol. The van der Waals surface area contributed by atoms with Crippen molar-refractivity contribution in [2.75, 3.05) is 24.9 Å². The first-order valence-electron chi connectivity index (χ1n) is 8.08. The molecule has 27 heavy (non-hydrogen) atoms. The summed E-state index contributed by atoms with van der Waals surface area (Å²) in [6, 6.07) is 15.4. The van der Waals surface area contributed by atoms with Crippen LogP contribution in [0.25, 0.3) is 0 Å². The van der Waals surface area contributed by atoms with Gasteiger partial charge in [-0.3, -0.25) is 9.59 Å². The molecule has 2 amide bonds. The van der Waals surface area contributed by atoms with E-state index in [1.54, 1.807) is 48.5 Å². The number of thiophene rings is 1. The van der Waals surface area contributed by atoms with Gasteiger partial charge in [-0.15, -0.1) is 11.3 Å². The number of carbonyl (C=O) groups is 2. The first-order chi connectivity index (χ1) is 13.1. The molecule has 1 aromatic heterocycles. The molecule has 0 fully saturated rings. The molecule has 1 heterocycles. The van der Waals surface area contributed by atoms with Gasteiger partial charge in [0, 0.05) is 23.0 Å². The summed E-state index contributed by atoms with van der Waals surface area (Å²) < 4.78 is 10.4. The third kappa shape index (κ3) is 4.65. The van der Waals surface area contributed by atoms with Gasteiger partial charge >= 0.3 is 0 Å². The number of nitrogens with one attached hydrogen (secondary N) is 2. The SMILES string of the molecule is COc1cc(OC)cc(C(=O)Nc2ccc(NC(=O)c3cccs3)cc2)c1. The zero-order chi connectivity index (χ0) is 19.2. The fourth-order valence-electron chi connectivity index (χ4n) is 2.38. The average Bonchev–Trinajstić information content (AvgIpc) is 3.24. The largest absolute Gasteiger partial charge is 0.497 e. The van der Waals surface area contributed by atoms with Crippen LogP contribution in [0.2, 0.25) is 0 Å². The molecule has 0 aliphatic heterocycles. The smallest absolute Gasteiger partial charge is 0.265 e. The summed E-state index contributed by atoms with van der Waals surface area (Å²) in [5.74, 6) is 0.616. The molecule has 0 aliphatic carbocycles. The molecule has 0 aliphatic rings. The number of amides is 2. The third-order valence-corrected chi connectivity index (χ3v) is 4.63. The van der Waals surface area contributed by atoms with Gasteiger partial charge in [0.05, 0.1) is 19.1 Å². The lowest BCUT2D eigenvalue weighted by atomic mass is 10.1. The number of hydrogen-bond donors (Lipinski definition) is 2. The van der Waals surface area contributed by atoms with E-state index in [1.807, 2.05) is 11.4 Å². The number of carbonyl (C=O) groups excluding carboxylic acids is 2. The number of ether oxygens (including phenoxy) is 2. The van der Waals surface area contributed by atoms with Crippen LogP contribution >= 0.6 is 11.3 Å². The molecule has 3 aromatic rings. The Morgan fingerprint density at radius 2 is 1.37 bits per heavy atom. The molecule has 0 atom stereocenters. The minimum absolute atomic E-state index is 0.162. The summed E-state index contributed by atoms with van der Waals surface area (Å²) in [6.07, 6.45) is 0. The number of methoxy groups -OCH3 is 2. The van der Waals surface area contributed by atoms with Gasteiger partial charge in [0.1, 0.15) is 11.5 Å². The van der Waals surface area contributed by atoms with E-state index in [4.69, 9.17) is 9.47 Å². The minimum Gasteiger partial charge on any atom is -0.497 e. The standard InChI is InChI=1S/C20H18N2O4S/c1-25-16-10-13(11-17(12-16)26-2)19(23)21-14-5-7-15(8-6-14)22-20(24)18-4-3-9-27-18/h3-12H,1-2H3,(H,21,23)(H,22,24). The zero-order valence-corrected chi connectivity index (χ0v) is 15.6. The first-order valence-corrected chi connectivity index (χ1v) is 8.96. The van der Waals surface area contributed by atoms with Gasteiger partial charge in [0.2, 0.25) is 0 Å². The monoisotopic (exact) mass is 382 g/mol. The molecule has 2 aromatic carbocycles. The highest BCUT2D eigenvalue weighted by Gasteiger charge is 2.11. The van der Waals surface area contributed by atoms with Crippen LogP contribution in [-0.2, 0) is 0 Å². The lowest BCUT2D eigenvalue weighted by Gasteiger charge is -2.10. The Bertz CT molecular complexity index is 915. The third-order valence-electron chi connectivity index (χ3n) is 3.76. The minimum atomic E-state index is -0.289. The maximum absolute atomic E-state index is 12.5. The molecule has 6 nitrogen and oxygen atoms in total. The van der Waals surface area contributed by atoms with Crippen LogP contribution in [0.5, 0.6) is 11.5 Å². The highest BCUT2D eigenvalue weighted by Crippen LogP contribution is 2.23. The highest BCUT2D eigenvalue weighted by atomic mass is 32.1. The predicted octanol–water partition coefficient (Wildman–Crippen LogP) is 4.27. The van der Waals surface area contributed by atoms with Crippen LogP contribution in [0.4, 0.5) is 11.4 Å². The molecule has 0 saturated heterocycles. The Labute approximate surface area is 160 Å². The molecule has 3 rings (SSSR count).